The van der Waals surface area contributed by atoms with Gasteiger partial charge in [-0.2, -0.15) is 0 Å². The first kappa shape index (κ1) is 13.9. The van der Waals surface area contributed by atoms with Crippen molar-refractivity contribution in [3.05, 3.63) is 35.4 Å². The summed E-state index contributed by atoms with van der Waals surface area (Å²) in [4.78, 5) is 12.0. The molecule has 3 aliphatic rings. The van der Waals surface area contributed by atoms with Crippen molar-refractivity contribution in [2.45, 2.75) is 55.9 Å². The molecule has 118 valence electrons. The van der Waals surface area contributed by atoms with Crippen LogP contribution in [0.1, 0.15) is 37.2 Å². The molecule has 2 heterocycles. The predicted molar refractivity (Wildman–Crippen MR) is 75.5 cm³/mol. The second kappa shape index (κ2) is 5.19. The van der Waals surface area contributed by atoms with Crippen LogP contribution in [0.15, 0.2) is 18.2 Å². The summed E-state index contributed by atoms with van der Waals surface area (Å²) >= 11 is 0. The number of carbonyl (C=O) groups is 1. The topological polar surface area (TPSA) is 50.4 Å². The highest BCUT2D eigenvalue weighted by Crippen LogP contribution is 2.43. The Morgan fingerprint density at radius 3 is 2.45 bits per heavy atom. The lowest BCUT2D eigenvalue weighted by atomic mass is 9.96. The fourth-order valence-electron chi connectivity index (χ4n) is 3.71. The van der Waals surface area contributed by atoms with Crippen LogP contribution in [0, 0.1) is 11.6 Å². The number of hydrogen-bond acceptors (Lipinski definition) is 2. The number of carbonyl (C=O) groups excluding carboxylic acids is 1. The summed E-state index contributed by atoms with van der Waals surface area (Å²) in [6, 6.07) is 3.43. The van der Waals surface area contributed by atoms with Gasteiger partial charge >= 0.3 is 6.03 Å². The average Bonchev–Trinajstić information content (AvgIpc) is 2.91. The lowest BCUT2D eigenvalue weighted by Gasteiger charge is -2.20. The molecule has 2 saturated heterocycles. The Morgan fingerprint density at radius 1 is 1.09 bits per heavy atom. The summed E-state index contributed by atoms with van der Waals surface area (Å²) in [6.07, 6.45) is 3.88. The predicted octanol–water partition coefficient (Wildman–Crippen LogP) is 2.44. The molecule has 2 aliphatic heterocycles. The SMILES string of the molecule is O=C(N[C@H]1C[C@H]1c1c(F)cccc1F)N[C@@H]1C[C@H]2CC[C@H]1O2. The van der Waals surface area contributed by atoms with Crippen LogP contribution >= 0.6 is 0 Å². The fraction of sp³-hybridized carbons (Fsp3) is 0.562. The monoisotopic (exact) mass is 308 g/mol. The maximum atomic E-state index is 13.7. The largest absolute Gasteiger partial charge is 0.373 e. The van der Waals surface area contributed by atoms with Crippen LogP contribution < -0.4 is 10.6 Å². The number of nitrogens with one attached hydrogen (secondary N) is 2. The summed E-state index contributed by atoms with van der Waals surface area (Å²) in [5.74, 6) is -1.37. The molecule has 2 N–H and O–H groups in total. The number of rotatable bonds is 3. The Hall–Kier alpha value is -1.69. The number of ether oxygens (including phenoxy) is 1. The van der Waals surface area contributed by atoms with Crippen molar-refractivity contribution in [2.24, 2.45) is 0 Å². The van der Waals surface area contributed by atoms with Crippen LogP contribution in [-0.4, -0.2) is 30.3 Å². The smallest absolute Gasteiger partial charge is 0.315 e. The lowest BCUT2D eigenvalue weighted by Crippen LogP contribution is -2.47. The number of fused-ring (bicyclic) bond motifs is 2. The molecule has 4 nitrogen and oxygen atoms in total. The van der Waals surface area contributed by atoms with Gasteiger partial charge < -0.3 is 15.4 Å². The Bertz CT molecular complexity index is 590. The molecule has 0 aromatic heterocycles. The molecule has 2 amide bonds. The quantitative estimate of drug-likeness (QED) is 0.901. The highest BCUT2D eigenvalue weighted by Gasteiger charge is 2.44. The molecule has 1 aliphatic carbocycles. The number of halogens is 2. The first-order valence-electron chi connectivity index (χ1n) is 7.78. The van der Waals surface area contributed by atoms with Crippen LogP contribution in [0.4, 0.5) is 13.6 Å². The van der Waals surface area contributed by atoms with E-state index in [1.54, 1.807) is 0 Å². The summed E-state index contributed by atoms with van der Waals surface area (Å²) < 4.78 is 33.1. The third-order valence-electron chi connectivity index (χ3n) is 4.90. The average molecular weight is 308 g/mol. The van der Waals surface area contributed by atoms with Gasteiger partial charge in [-0.05, 0) is 37.8 Å². The zero-order chi connectivity index (χ0) is 15.3. The van der Waals surface area contributed by atoms with Gasteiger partial charge in [0, 0.05) is 17.5 Å². The number of benzene rings is 1. The van der Waals surface area contributed by atoms with Crippen molar-refractivity contribution in [2.75, 3.05) is 0 Å². The van der Waals surface area contributed by atoms with Crippen LogP contribution in [0.2, 0.25) is 0 Å². The highest BCUT2D eigenvalue weighted by atomic mass is 19.1. The Morgan fingerprint density at radius 2 is 1.82 bits per heavy atom. The van der Waals surface area contributed by atoms with Crippen LogP contribution in [-0.2, 0) is 4.74 Å². The van der Waals surface area contributed by atoms with Crippen molar-refractivity contribution >= 4 is 6.03 Å². The maximum absolute atomic E-state index is 13.7. The van der Waals surface area contributed by atoms with Gasteiger partial charge in [-0.1, -0.05) is 6.07 Å². The van der Waals surface area contributed by atoms with Gasteiger partial charge in [0.1, 0.15) is 11.6 Å². The van der Waals surface area contributed by atoms with E-state index in [4.69, 9.17) is 4.74 Å². The molecular formula is C16H18F2N2O2. The molecule has 1 saturated carbocycles. The molecular weight excluding hydrogens is 290 g/mol. The summed E-state index contributed by atoms with van der Waals surface area (Å²) in [5.41, 5.74) is 0.0797. The van der Waals surface area contributed by atoms with Crippen molar-refractivity contribution in [3.63, 3.8) is 0 Å². The van der Waals surface area contributed by atoms with E-state index in [-0.39, 0.29) is 41.8 Å². The molecule has 0 unspecified atom stereocenters. The molecule has 6 heteroatoms. The third kappa shape index (κ3) is 2.45. The zero-order valence-corrected chi connectivity index (χ0v) is 12.0. The van der Waals surface area contributed by atoms with E-state index >= 15 is 0 Å². The molecule has 4 rings (SSSR count). The Kier molecular flexibility index (Phi) is 3.29. The lowest BCUT2D eigenvalue weighted by molar-refractivity contribution is 0.0981. The van der Waals surface area contributed by atoms with E-state index in [1.165, 1.54) is 18.2 Å². The van der Waals surface area contributed by atoms with Crippen molar-refractivity contribution in [1.82, 2.24) is 10.6 Å². The standard InChI is InChI=1S/C16H18F2N2O2/c17-10-2-1-3-11(18)15(10)9-7-12(9)19-16(21)20-13-6-8-4-5-14(13)22-8/h1-3,8-9,12-14H,4-7H2,(H2,19,20,21)/t8-,9-,12+,13-,14-/m1/s1. The summed E-state index contributed by atoms with van der Waals surface area (Å²) in [6.45, 7) is 0. The van der Waals surface area contributed by atoms with Gasteiger partial charge in [0.15, 0.2) is 0 Å². The van der Waals surface area contributed by atoms with Crippen molar-refractivity contribution in [1.29, 1.82) is 0 Å². The normalized spacial score (nSPS) is 35.5. The first-order chi connectivity index (χ1) is 10.6. The molecule has 2 bridgehead atoms. The van der Waals surface area contributed by atoms with E-state index in [2.05, 4.69) is 10.6 Å². The molecule has 0 radical (unpaired) electrons. The Labute approximate surface area is 127 Å². The molecule has 1 aromatic rings. The van der Waals surface area contributed by atoms with E-state index < -0.39 is 11.6 Å². The van der Waals surface area contributed by atoms with E-state index in [0.717, 1.165) is 19.3 Å². The van der Waals surface area contributed by atoms with E-state index in [9.17, 15) is 13.6 Å². The minimum absolute atomic E-state index is 0.0566. The van der Waals surface area contributed by atoms with Crippen molar-refractivity contribution < 1.29 is 18.3 Å². The molecule has 3 fully saturated rings. The van der Waals surface area contributed by atoms with Crippen molar-refractivity contribution in [3.8, 4) is 0 Å². The minimum Gasteiger partial charge on any atom is -0.373 e. The first-order valence-corrected chi connectivity index (χ1v) is 7.78. The maximum Gasteiger partial charge on any atom is 0.315 e. The van der Waals surface area contributed by atoms with Gasteiger partial charge in [-0.15, -0.1) is 0 Å². The minimum atomic E-state index is -0.545. The second-order valence-electron chi connectivity index (χ2n) is 6.42. The number of amides is 2. The van der Waals surface area contributed by atoms with Gasteiger partial charge in [0.2, 0.25) is 0 Å². The van der Waals surface area contributed by atoms with Crippen LogP contribution in [0.5, 0.6) is 0 Å². The van der Waals surface area contributed by atoms with Crippen LogP contribution in [0.25, 0.3) is 0 Å². The molecule has 5 atom stereocenters. The van der Waals surface area contributed by atoms with Gasteiger partial charge in [0.05, 0.1) is 18.2 Å². The third-order valence-corrected chi connectivity index (χ3v) is 4.90. The van der Waals surface area contributed by atoms with Gasteiger partial charge in [0.25, 0.3) is 0 Å². The van der Waals surface area contributed by atoms with Gasteiger partial charge in [-0.3, -0.25) is 0 Å². The molecule has 0 spiro atoms. The number of urea groups is 1. The summed E-state index contributed by atoms with van der Waals surface area (Å²) in [7, 11) is 0. The summed E-state index contributed by atoms with van der Waals surface area (Å²) in [5, 5.41) is 5.72. The Balaban J connectivity index is 1.33. The second-order valence-corrected chi connectivity index (χ2v) is 6.42. The number of hydrogen-bond donors (Lipinski definition) is 2. The zero-order valence-electron chi connectivity index (χ0n) is 12.0. The molecule has 22 heavy (non-hydrogen) atoms. The fourth-order valence-corrected chi connectivity index (χ4v) is 3.71. The van der Waals surface area contributed by atoms with Crippen LogP contribution in [0.3, 0.4) is 0 Å². The van der Waals surface area contributed by atoms with E-state index in [1.807, 2.05) is 0 Å². The van der Waals surface area contributed by atoms with E-state index in [0.29, 0.717) is 6.42 Å². The molecule has 1 aromatic carbocycles. The van der Waals surface area contributed by atoms with Gasteiger partial charge in [-0.25, -0.2) is 13.6 Å². The highest BCUT2D eigenvalue weighted by molar-refractivity contribution is 5.75.